The number of nitrogens with zero attached hydrogens (tertiary/aromatic N) is 1. The van der Waals surface area contributed by atoms with Crippen LogP contribution in [0.25, 0.3) is 0 Å². The summed E-state index contributed by atoms with van der Waals surface area (Å²) in [5, 5.41) is 8.83. The highest BCUT2D eigenvalue weighted by Crippen LogP contribution is 2.19. The minimum atomic E-state index is -4.40. The lowest BCUT2D eigenvalue weighted by molar-refractivity contribution is -0.145. The van der Waals surface area contributed by atoms with Gasteiger partial charge in [0, 0.05) is 12.1 Å². The maximum absolute atomic E-state index is 12.4. The minimum Gasteiger partial charge on any atom is -0.395 e. The molecule has 21 heavy (non-hydrogen) atoms. The molecule has 0 amide bonds. The van der Waals surface area contributed by atoms with Crippen molar-refractivity contribution in [3.63, 3.8) is 0 Å². The molecule has 1 N–H and O–H groups in total. The number of aliphatic hydroxyl groups excluding tert-OH is 1. The van der Waals surface area contributed by atoms with E-state index in [0.29, 0.717) is 5.56 Å². The Bertz CT molecular complexity index is 512. The summed E-state index contributed by atoms with van der Waals surface area (Å²) in [6.45, 7) is 3.36. The number of hydrogen-bond acceptors (Lipinski definition) is 3. The number of aliphatic hydroxyl groups is 1. The molecule has 6 heteroatoms. The summed E-state index contributed by atoms with van der Waals surface area (Å²) in [5.41, 5.74) is 3.14. The van der Waals surface area contributed by atoms with Crippen LogP contribution in [0.4, 0.5) is 13.2 Å². The van der Waals surface area contributed by atoms with E-state index in [9.17, 15) is 18.0 Å². The largest absolute Gasteiger partial charge is 0.401 e. The molecule has 0 saturated heterocycles. The van der Waals surface area contributed by atoms with Crippen molar-refractivity contribution in [2.45, 2.75) is 26.9 Å². The molecule has 0 spiro atoms. The molecule has 118 valence electrons. The lowest BCUT2D eigenvalue weighted by atomic mass is 9.98. The van der Waals surface area contributed by atoms with Crippen molar-refractivity contribution in [3.05, 3.63) is 34.4 Å². The molecule has 1 rings (SSSR count). The molecule has 0 aliphatic rings. The maximum Gasteiger partial charge on any atom is 0.401 e. The van der Waals surface area contributed by atoms with Gasteiger partial charge < -0.3 is 5.11 Å². The molecule has 0 saturated carbocycles. The first-order valence-electron chi connectivity index (χ1n) is 6.65. The second-order valence-corrected chi connectivity index (χ2v) is 5.22. The van der Waals surface area contributed by atoms with Crippen LogP contribution in [0.1, 0.15) is 27.0 Å². The van der Waals surface area contributed by atoms with Gasteiger partial charge in [-0.15, -0.1) is 0 Å². The molecule has 3 nitrogen and oxygen atoms in total. The zero-order valence-corrected chi connectivity index (χ0v) is 12.4. The van der Waals surface area contributed by atoms with Gasteiger partial charge in [0.25, 0.3) is 0 Å². The highest BCUT2D eigenvalue weighted by molar-refractivity contribution is 5.99. The van der Waals surface area contributed by atoms with Crippen molar-refractivity contribution >= 4 is 5.78 Å². The molecular formula is C15H20F3NO2. The molecule has 0 aliphatic heterocycles. The van der Waals surface area contributed by atoms with Gasteiger partial charge in [-0.05, 0) is 43.5 Å². The second-order valence-electron chi connectivity index (χ2n) is 5.22. The summed E-state index contributed by atoms with van der Waals surface area (Å²) in [5.74, 6) is -0.367. The van der Waals surface area contributed by atoms with E-state index >= 15 is 0 Å². The van der Waals surface area contributed by atoms with Crippen LogP contribution < -0.4 is 0 Å². The van der Waals surface area contributed by atoms with E-state index in [1.807, 2.05) is 19.9 Å². The van der Waals surface area contributed by atoms with E-state index < -0.39 is 19.3 Å². The Morgan fingerprint density at radius 1 is 1.14 bits per heavy atom. The average molecular weight is 303 g/mol. The van der Waals surface area contributed by atoms with Gasteiger partial charge in [-0.25, -0.2) is 0 Å². The number of alkyl halides is 3. The fourth-order valence-electron chi connectivity index (χ4n) is 2.16. The number of Topliss-reactive ketones (excluding diaryl/α,β-unsaturated/α-hetero) is 1. The first-order chi connectivity index (χ1) is 9.64. The summed E-state index contributed by atoms with van der Waals surface area (Å²) in [4.78, 5) is 13.1. The lowest BCUT2D eigenvalue weighted by Crippen LogP contribution is -2.39. The lowest BCUT2D eigenvalue weighted by Gasteiger charge is -2.22. The molecular weight excluding hydrogens is 283 g/mol. The predicted molar refractivity (Wildman–Crippen MR) is 74.6 cm³/mol. The van der Waals surface area contributed by atoms with E-state index in [-0.39, 0.29) is 18.9 Å². The Kier molecular flexibility index (Phi) is 5.92. The summed E-state index contributed by atoms with van der Waals surface area (Å²) in [7, 11) is 0. The van der Waals surface area contributed by atoms with Gasteiger partial charge in [0.2, 0.25) is 0 Å². The van der Waals surface area contributed by atoms with Crippen molar-refractivity contribution in [2.75, 3.05) is 26.2 Å². The topological polar surface area (TPSA) is 40.5 Å². The van der Waals surface area contributed by atoms with Crippen LogP contribution in [0, 0.1) is 20.8 Å². The van der Waals surface area contributed by atoms with Gasteiger partial charge in [-0.3, -0.25) is 9.69 Å². The van der Waals surface area contributed by atoms with E-state index in [4.69, 9.17) is 5.11 Å². The minimum absolute atomic E-state index is 0.185. The fraction of sp³-hybridized carbons (Fsp3) is 0.533. The van der Waals surface area contributed by atoms with Gasteiger partial charge in [0.1, 0.15) is 0 Å². The third-order valence-corrected chi connectivity index (χ3v) is 3.33. The fourth-order valence-corrected chi connectivity index (χ4v) is 2.16. The number of benzene rings is 1. The summed E-state index contributed by atoms with van der Waals surface area (Å²) < 4.78 is 37.3. The number of carbonyl (C=O) groups is 1. The highest BCUT2D eigenvalue weighted by atomic mass is 19.4. The third kappa shape index (κ3) is 5.47. The Morgan fingerprint density at radius 3 is 2.24 bits per heavy atom. The zero-order chi connectivity index (χ0) is 16.2. The highest BCUT2D eigenvalue weighted by Gasteiger charge is 2.31. The summed E-state index contributed by atoms with van der Waals surface area (Å²) in [6.07, 6.45) is -4.40. The van der Waals surface area contributed by atoms with E-state index in [1.165, 1.54) is 0 Å². The van der Waals surface area contributed by atoms with E-state index in [0.717, 1.165) is 21.6 Å². The zero-order valence-electron chi connectivity index (χ0n) is 12.4. The molecule has 0 heterocycles. The van der Waals surface area contributed by atoms with Crippen LogP contribution in [-0.2, 0) is 0 Å². The van der Waals surface area contributed by atoms with Gasteiger partial charge in [0.05, 0.1) is 19.7 Å². The molecule has 0 bridgehead atoms. The van der Waals surface area contributed by atoms with Gasteiger partial charge in [-0.2, -0.15) is 13.2 Å². The standard InChI is InChI=1S/C15H20F3NO2/c1-10-6-12(3)13(7-11(10)2)14(21)8-19(4-5-20)9-15(16,17)18/h6-7,20H,4-5,8-9H2,1-3H3. The third-order valence-electron chi connectivity index (χ3n) is 3.33. The van der Waals surface area contributed by atoms with Crippen molar-refractivity contribution in [2.24, 2.45) is 0 Å². The number of rotatable bonds is 6. The smallest absolute Gasteiger partial charge is 0.395 e. The maximum atomic E-state index is 12.4. The van der Waals surface area contributed by atoms with Gasteiger partial charge >= 0.3 is 6.18 Å². The van der Waals surface area contributed by atoms with Crippen LogP contribution in [-0.4, -0.2) is 48.2 Å². The molecule has 1 aromatic rings. The van der Waals surface area contributed by atoms with Gasteiger partial charge in [0.15, 0.2) is 5.78 Å². The summed E-state index contributed by atoms with van der Waals surface area (Å²) >= 11 is 0. The number of aryl methyl sites for hydroxylation is 3. The first-order valence-corrected chi connectivity index (χ1v) is 6.65. The van der Waals surface area contributed by atoms with Crippen LogP contribution in [0.5, 0.6) is 0 Å². The molecule has 0 unspecified atom stereocenters. The van der Waals surface area contributed by atoms with Crippen molar-refractivity contribution < 1.29 is 23.1 Å². The van der Waals surface area contributed by atoms with Crippen molar-refractivity contribution in [1.82, 2.24) is 4.90 Å². The second kappa shape index (κ2) is 7.04. The monoisotopic (exact) mass is 303 g/mol. The number of ketones is 1. The Hall–Kier alpha value is -1.40. The molecule has 0 aliphatic carbocycles. The average Bonchev–Trinajstić information content (AvgIpc) is 2.31. The summed E-state index contributed by atoms with van der Waals surface area (Å²) in [6, 6.07) is 3.56. The van der Waals surface area contributed by atoms with Crippen molar-refractivity contribution in [1.29, 1.82) is 0 Å². The molecule has 0 aromatic heterocycles. The van der Waals surface area contributed by atoms with E-state index in [1.54, 1.807) is 13.0 Å². The first kappa shape index (κ1) is 17.7. The molecule has 0 atom stereocenters. The van der Waals surface area contributed by atoms with Crippen LogP contribution >= 0.6 is 0 Å². The Balaban J connectivity index is 2.89. The van der Waals surface area contributed by atoms with Crippen LogP contribution in [0.2, 0.25) is 0 Å². The predicted octanol–water partition coefficient (Wildman–Crippen LogP) is 2.65. The number of carbonyl (C=O) groups excluding carboxylic acids is 1. The quantitative estimate of drug-likeness (QED) is 0.821. The van der Waals surface area contributed by atoms with E-state index in [2.05, 4.69) is 0 Å². The molecule has 0 fully saturated rings. The van der Waals surface area contributed by atoms with Crippen molar-refractivity contribution in [3.8, 4) is 0 Å². The number of hydrogen-bond donors (Lipinski definition) is 1. The molecule has 1 aromatic carbocycles. The SMILES string of the molecule is Cc1cc(C)c(C(=O)CN(CCO)CC(F)(F)F)cc1C. The van der Waals surface area contributed by atoms with Crippen LogP contribution in [0.15, 0.2) is 12.1 Å². The normalized spacial score (nSPS) is 12.0. The Labute approximate surface area is 122 Å². The Morgan fingerprint density at radius 2 is 1.71 bits per heavy atom. The molecule has 0 radical (unpaired) electrons. The van der Waals surface area contributed by atoms with Crippen LogP contribution in [0.3, 0.4) is 0 Å². The number of halogens is 3. The van der Waals surface area contributed by atoms with Gasteiger partial charge in [-0.1, -0.05) is 6.07 Å².